The summed E-state index contributed by atoms with van der Waals surface area (Å²) in [5.41, 5.74) is 1.14. The Balaban J connectivity index is 2.18. The van der Waals surface area contributed by atoms with Crippen molar-refractivity contribution in [2.24, 2.45) is 0 Å². The summed E-state index contributed by atoms with van der Waals surface area (Å²) >= 11 is 0. The average molecular weight is 272 g/mol. The van der Waals surface area contributed by atoms with E-state index in [4.69, 9.17) is 4.74 Å². The van der Waals surface area contributed by atoms with E-state index in [1.165, 1.54) is 0 Å². The van der Waals surface area contributed by atoms with Crippen molar-refractivity contribution >= 4 is 10.0 Å². The van der Waals surface area contributed by atoms with Gasteiger partial charge in [-0.05, 0) is 30.7 Å². The van der Waals surface area contributed by atoms with Gasteiger partial charge in [-0.3, -0.25) is 0 Å². The molecular weight excluding hydrogens is 252 g/mol. The maximum Gasteiger partial charge on any atom is 0.208 e. The summed E-state index contributed by atoms with van der Waals surface area (Å²) in [6.45, 7) is 1.97. The molecule has 0 bridgehead atoms. The van der Waals surface area contributed by atoms with Crippen LogP contribution in [0, 0.1) is 0 Å². The molecule has 0 aromatic heterocycles. The number of hydrogen-bond donors (Lipinski definition) is 2. The lowest BCUT2D eigenvalue weighted by atomic mass is 10.2. The summed E-state index contributed by atoms with van der Waals surface area (Å²) < 4.78 is 29.2. The molecule has 2 N–H and O–H groups in total. The summed E-state index contributed by atoms with van der Waals surface area (Å²) in [7, 11) is -1.42. The minimum Gasteiger partial charge on any atom is -0.497 e. The summed E-state index contributed by atoms with van der Waals surface area (Å²) in [6.07, 6.45) is 1.92. The van der Waals surface area contributed by atoms with E-state index in [-0.39, 0.29) is 0 Å². The number of sulfonamides is 1. The Hall–Kier alpha value is -1.11. The molecular formula is C12H20N2O3S. The van der Waals surface area contributed by atoms with Crippen LogP contribution in [-0.4, -0.2) is 34.9 Å². The molecule has 1 rings (SSSR count). The second-order valence-corrected chi connectivity index (χ2v) is 5.88. The molecule has 0 aliphatic rings. The molecule has 18 heavy (non-hydrogen) atoms. The molecule has 0 heterocycles. The van der Waals surface area contributed by atoms with Crippen molar-refractivity contribution in [2.75, 3.05) is 26.5 Å². The van der Waals surface area contributed by atoms with E-state index in [0.29, 0.717) is 6.54 Å². The maximum atomic E-state index is 10.8. The zero-order valence-corrected chi connectivity index (χ0v) is 11.6. The summed E-state index contributed by atoms with van der Waals surface area (Å²) in [5.74, 6) is 0.841. The minimum atomic E-state index is -3.07. The standard InChI is InChI=1S/C12H20N2O3S/c1-17-12-6-3-5-11(9-12)10-13-7-4-8-14-18(2,15)16/h3,5-6,9,13-14H,4,7-8,10H2,1-2H3. The van der Waals surface area contributed by atoms with E-state index < -0.39 is 10.0 Å². The number of nitrogens with one attached hydrogen (secondary N) is 2. The van der Waals surface area contributed by atoms with Crippen LogP contribution in [0.2, 0.25) is 0 Å². The lowest BCUT2D eigenvalue weighted by molar-refractivity contribution is 0.414. The van der Waals surface area contributed by atoms with Gasteiger partial charge in [-0.25, -0.2) is 13.1 Å². The largest absolute Gasteiger partial charge is 0.497 e. The molecule has 0 aliphatic heterocycles. The Labute approximate surface area is 109 Å². The highest BCUT2D eigenvalue weighted by molar-refractivity contribution is 7.88. The smallest absolute Gasteiger partial charge is 0.208 e. The molecule has 0 amide bonds. The molecule has 5 nitrogen and oxygen atoms in total. The average Bonchev–Trinajstić information content (AvgIpc) is 2.32. The first-order valence-electron chi connectivity index (χ1n) is 5.79. The Morgan fingerprint density at radius 2 is 2.06 bits per heavy atom. The van der Waals surface area contributed by atoms with Gasteiger partial charge in [0, 0.05) is 13.1 Å². The Kier molecular flexibility index (Phi) is 6.11. The highest BCUT2D eigenvalue weighted by Gasteiger charge is 1.99. The first-order valence-corrected chi connectivity index (χ1v) is 7.69. The summed E-state index contributed by atoms with van der Waals surface area (Å²) in [6, 6.07) is 7.84. The van der Waals surface area contributed by atoms with Gasteiger partial charge in [-0.1, -0.05) is 12.1 Å². The third-order valence-corrected chi connectivity index (χ3v) is 3.09. The van der Waals surface area contributed by atoms with Crippen LogP contribution in [0.1, 0.15) is 12.0 Å². The monoisotopic (exact) mass is 272 g/mol. The quantitative estimate of drug-likeness (QED) is 0.684. The van der Waals surface area contributed by atoms with Crippen molar-refractivity contribution in [1.82, 2.24) is 10.0 Å². The van der Waals surface area contributed by atoms with Crippen molar-refractivity contribution < 1.29 is 13.2 Å². The van der Waals surface area contributed by atoms with E-state index in [9.17, 15) is 8.42 Å². The third-order valence-electron chi connectivity index (χ3n) is 2.36. The molecule has 1 aromatic rings. The van der Waals surface area contributed by atoms with Gasteiger partial charge in [0.25, 0.3) is 0 Å². The van der Waals surface area contributed by atoms with Crippen LogP contribution in [0.5, 0.6) is 5.75 Å². The zero-order valence-electron chi connectivity index (χ0n) is 10.8. The highest BCUT2D eigenvalue weighted by Crippen LogP contribution is 2.11. The number of rotatable bonds is 8. The van der Waals surface area contributed by atoms with Crippen LogP contribution in [0.4, 0.5) is 0 Å². The molecule has 0 saturated carbocycles. The van der Waals surface area contributed by atoms with Gasteiger partial charge in [0.15, 0.2) is 0 Å². The van der Waals surface area contributed by atoms with Gasteiger partial charge in [-0.15, -0.1) is 0 Å². The predicted molar refractivity (Wildman–Crippen MR) is 72.2 cm³/mol. The molecule has 102 valence electrons. The normalized spacial score (nSPS) is 11.4. The number of hydrogen-bond acceptors (Lipinski definition) is 4. The van der Waals surface area contributed by atoms with Gasteiger partial charge in [-0.2, -0.15) is 0 Å². The van der Waals surface area contributed by atoms with Crippen LogP contribution in [-0.2, 0) is 16.6 Å². The minimum absolute atomic E-state index is 0.462. The lowest BCUT2D eigenvalue weighted by Crippen LogP contribution is -2.26. The Morgan fingerprint density at radius 3 is 2.72 bits per heavy atom. The number of ether oxygens (including phenoxy) is 1. The number of benzene rings is 1. The second kappa shape index (κ2) is 7.35. The molecule has 6 heteroatoms. The molecule has 0 spiro atoms. The second-order valence-electron chi connectivity index (χ2n) is 4.05. The maximum absolute atomic E-state index is 10.8. The first-order chi connectivity index (χ1) is 8.51. The van der Waals surface area contributed by atoms with Crippen molar-refractivity contribution in [3.8, 4) is 5.75 Å². The van der Waals surface area contributed by atoms with Crippen molar-refractivity contribution in [3.63, 3.8) is 0 Å². The van der Waals surface area contributed by atoms with Gasteiger partial charge in [0.05, 0.1) is 13.4 Å². The van der Waals surface area contributed by atoms with Crippen molar-refractivity contribution in [2.45, 2.75) is 13.0 Å². The van der Waals surface area contributed by atoms with Crippen LogP contribution < -0.4 is 14.8 Å². The van der Waals surface area contributed by atoms with Crippen LogP contribution in [0.25, 0.3) is 0 Å². The summed E-state index contributed by atoms with van der Waals surface area (Å²) in [4.78, 5) is 0. The molecule has 0 aliphatic carbocycles. The van der Waals surface area contributed by atoms with Crippen molar-refractivity contribution in [3.05, 3.63) is 29.8 Å². The zero-order chi connectivity index (χ0) is 13.4. The molecule has 0 unspecified atom stereocenters. The van der Waals surface area contributed by atoms with Gasteiger partial charge < -0.3 is 10.1 Å². The van der Waals surface area contributed by atoms with Crippen molar-refractivity contribution in [1.29, 1.82) is 0 Å². The van der Waals surface area contributed by atoms with Crippen LogP contribution in [0.3, 0.4) is 0 Å². The first kappa shape index (κ1) is 14.9. The Bertz CT molecular complexity index is 460. The van der Waals surface area contributed by atoms with E-state index in [0.717, 1.165) is 37.1 Å². The van der Waals surface area contributed by atoms with E-state index in [2.05, 4.69) is 10.0 Å². The van der Waals surface area contributed by atoms with Gasteiger partial charge >= 0.3 is 0 Å². The molecule has 0 radical (unpaired) electrons. The van der Waals surface area contributed by atoms with Gasteiger partial charge in [0.2, 0.25) is 10.0 Å². The fraction of sp³-hybridized carbons (Fsp3) is 0.500. The predicted octanol–water partition coefficient (Wildman–Crippen LogP) is 0.724. The Morgan fingerprint density at radius 1 is 1.28 bits per heavy atom. The molecule has 1 aromatic carbocycles. The van der Waals surface area contributed by atoms with Crippen LogP contribution in [0.15, 0.2) is 24.3 Å². The topological polar surface area (TPSA) is 67.4 Å². The van der Waals surface area contributed by atoms with Crippen LogP contribution >= 0.6 is 0 Å². The van der Waals surface area contributed by atoms with E-state index in [1.54, 1.807) is 7.11 Å². The summed E-state index contributed by atoms with van der Waals surface area (Å²) in [5, 5.41) is 3.25. The molecule has 0 fully saturated rings. The molecule has 0 atom stereocenters. The van der Waals surface area contributed by atoms with E-state index in [1.807, 2.05) is 24.3 Å². The fourth-order valence-electron chi connectivity index (χ4n) is 1.49. The fourth-order valence-corrected chi connectivity index (χ4v) is 2.00. The molecule has 0 saturated heterocycles. The third kappa shape index (κ3) is 6.58. The highest BCUT2D eigenvalue weighted by atomic mass is 32.2. The number of methoxy groups -OCH3 is 1. The van der Waals surface area contributed by atoms with E-state index >= 15 is 0 Å². The lowest BCUT2D eigenvalue weighted by Gasteiger charge is -2.07. The SMILES string of the molecule is COc1cccc(CNCCCNS(C)(=O)=O)c1. The van der Waals surface area contributed by atoms with Gasteiger partial charge in [0.1, 0.15) is 5.75 Å².